The van der Waals surface area contributed by atoms with Crippen molar-refractivity contribution >= 4 is 23.4 Å². The lowest BCUT2D eigenvalue weighted by atomic mass is 9.63. The SMILES string of the molecule is CCC(CC(=O)NC)C(=O)N[C@H](c1cccc(Cl)c1)C1(C)CCC1. The van der Waals surface area contributed by atoms with E-state index < -0.39 is 0 Å². The Morgan fingerprint density at radius 2 is 2.04 bits per heavy atom. The van der Waals surface area contributed by atoms with Crippen LogP contribution in [0.1, 0.15) is 57.6 Å². The van der Waals surface area contributed by atoms with Crippen LogP contribution in [0.2, 0.25) is 5.02 Å². The number of amides is 2. The third-order valence-corrected chi connectivity index (χ3v) is 5.47. The van der Waals surface area contributed by atoms with E-state index in [-0.39, 0.29) is 35.6 Å². The van der Waals surface area contributed by atoms with Gasteiger partial charge in [-0.2, -0.15) is 0 Å². The van der Waals surface area contributed by atoms with Gasteiger partial charge in [-0.25, -0.2) is 0 Å². The molecule has 0 radical (unpaired) electrons. The van der Waals surface area contributed by atoms with Gasteiger partial charge in [0.2, 0.25) is 11.8 Å². The van der Waals surface area contributed by atoms with E-state index in [4.69, 9.17) is 11.6 Å². The molecule has 1 aromatic carbocycles. The Morgan fingerprint density at radius 3 is 2.54 bits per heavy atom. The third-order valence-electron chi connectivity index (χ3n) is 5.24. The maximum Gasteiger partial charge on any atom is 0.224 e. The Morgan fingerprint density at radius 1 is 1.33 bits per heavy atom. The molecule has 0 spiro atoms. The summed E-state index contributed by atoms with van der Waals surface area (Å²) >= 11 is 6.15. The van der Waals surface area contributed by atoms with Gasteiger partial charge in [0.25, 0.3) is 0 Å². The fraction of sp³-hybridized carbons (Fsp3) is 0.579. The highest BCUT2D eigenvalue weighted by Crippen LogP contribution is 2.50. The Hall–Kier alpha value is -1.55. The second-order valence-corrected chi connectivity index (χ2v) is 7.42. The number of nitrogens with one attached hydrogen (secondary N) is 2. The van der Waals surface area contributed by atoms with E-state index in [1.165, 1.54) is 6.42 Å². The van der Waals surface area contributed by atoms with E-state index in [2.05, 4.69) is 17.6 Å². The van der Waals surface area contributed by atoms with Gasteiger partial charge in [-0.15, -0.1) is 0 Å². The van der Waals surface area contributed by atoms with Crippen molar-refractivity contribution in [3.8, 4) is 0 Å². The van der Waals surface area contributed by atoms with Crippen LogP contribution in [-0.2, 0) is 9.59 Å². The highest BCUT2D eigenvalue weighted by Gasteiger charge is 2.42. The predicted octanol–water partition coefficient (Wildman–Crippen LogP) is 3.85. The molecule has 1 aliphatic rings. The topological polar surface area (TPSA) is 58.2 Å². The zero-order valence-corrected chi connectivity index (χ0v) is 15.5. The quantitative estimate of drug-likeness (QED) is 0.784. The van der Waals surface area contributed by atoms with Crippen LogP contribution in [0.4, 0.5) is 0 Å². The smallest absolute Gasteiger partial charge is 0.224 e. The van der Waals surface area contributed by atoms with Crippen molar-refractivity contribution in [2.24, 2.45) is 11.3 Å². The van der Waals surface area contributed by atoms with Gasteiger partial charge in [-0.3, -0.25) is 9.59 Å². The Balaban J connectivity index is 2.19. The van der Waals surface area contributed by atoms with E-state index in [1.807, 2.05) is 31.2 Å². The largest absolute Gasteiger partial charge is 0.359 e. The molecule has 2 atom stereocenters. The van der Waals surface area contributed by atoms with Crippen molar-refractivity contribution < 1.29 is 9.59 Å². The van der Waals surface area contributed by atoms with Crippen LogP contribution in [-0.4, -0.2) is 18.9 Å². The van der Waals surface area contributed by atoms with Crippen LogP contribution in [0, 0.1) is 11.3 Å². The summed E-state index contributed by atoms with van der Waals surface area (Å²) in [5.41, 5.74) is 1.08. The standard InChI is InChI=1S/C19H27ClN2O2/c1-4-13(12-16(23)21-3)18(24)22-17(19(2)9-6-10-19)14-7-5-8-15(20)11-14/h5,7-8,11,13,17H,4,6,9-10,12H2,1-3H3,(H,21,23)(H,22,24)/t13?,17-/m1/s1. The van der Waals surface area contributed by atoms with Crippen molar-refractivity contribution in [1.29, 1.82) is 0 Å². The zero-order valence-electron chi connectivity index (χ0n) is 14.7. The molecular weight excluding hydrogens is 324 g/mol. The van der Waals surface area contributed by atoms with Gasteiger partial charge in [0.1, 0.15) is 0 Å². The fourth-order valence-electron chi connectivity index (χ4n) is 3.38. The molecular formula is C19H27ClN2O2. The first kappa shape index (κ1) is 18.8. The first-order valence-corrected chi connectivity index (χ1v) is 9.04. The van der Waals surface area contributed by atoms with Crippen molar-refractivity contribution in [3.63, 3.8) is 0 Å². The van der Waals surface area contributed by atoms with Crippen molar-refractivity contribution in [2.75, 3.05) is 7.05 Å². The Bertz CT molecular complexity index is 599. The maximum absolute atomic E-state index is 12.8. The number of hydrogen-bond acceptors (Lipinski definition) is 2. The number of carbonyl (C=O) groups excluding carboxylic acids is 2. The second kappa shape index (κ2) is 8.02. The summed E-state index contributed by atoms with van der Waals surface area (Å²) < 4.78 is 0. The van der Waals surface area contributed by atoms with Crippen LogP contribution >= 0.6 is 11.6 Å². The van der Waals surface area contributed by atoms with Gasteiger partial charge in [0, 0.05) is 24.4 Å². The molecule has 0 aliphatic heterocycles. The summed E-state index contributed by atoms with van der Waals surface area (Å²) in [6, 6.07) is 7.63. The molecule has 1 saturated carbocycles. The third kappa shape index (κ3) is 4.29. The molecule has 0 heterocycles. The summed E-state index contributed by atoms with van der Waals surface area (Å²) in [6.07, 6.45) is 4.20. The minimum Gasteiger partial charge on any atom is -0.359 e. The minimum absolute atomic E-state index is 0.0473. The summed E-state index contributed by atoms with van der Waals surface area (Å²) in [5, 5.41) is 6.47. The van der Waals surface area contributed by atoms with Gasteiger partial charge in [0.15, 0.2) is 0 Å². The Labute approximate surface area is 149 Å². The average molecular weight is 351 g/mol. The molecule has 5 heteroatoms. The molecule has 2 amide bonds. The first-order valence-electron chi connectivity index (χ1n) is 8.66. The van der Waals surface area contributed by atoms with Crippen LogP contribution in [0.5, 0.6) is 0 Å². The van der Waals surface area contributed by atoms with Gasteiger partial charge in [-0.05, 0) is 42.4 Å². The Kier molecular flexibility index (Phi) is 6.27. The van der Waals surface area contributed by atoms with Crippen LogP contribution in [0.25, 0.3) is 0 Å². The second-order valence-electron chi connectivity index (χ2n) is 6.99. The molecule has 1 aromatic rings. The molecule has 4 nitrogen and oxygen atoms in total. The van der Waals surface area contributed by atoms with Crippen LogP contribution < -0.4 is 10.6 Å². The number of halogens is 1. The zero-order chi connectivity index (χ0) is 17.7. The molecule has 0 bridgehead atoms. The highest BCUT2D eigenvalue weighted by atomic mass is 35.5. The van der Waals surface area contributed by atoms with Crippen LogP contribution in [0.3, 0.4) is 0 Å². The van der Waals surface area contributed by atoms with Gasteiger partial charge < -0.3 is 10.6 Å². The van der Waals surface area contributed by atoms with Gasteiger partial charge in [-0.1, -0.05) is 44.0 Å². The lowest BCUT2D eigenvalue weighted by Gasteiger charge is -2.46. The molecule has 1 aliphatic carbocycles. The van der Waals surface area contributed by atoms with E-state index in [9.17, 15) is 9.59 Å². The summed E-state index contributed by atoms with van der Waals surface area (Å²) in [4.78, 5) is 24.4. The molecule has 2 rings (SSSR count). The number of hydrogen-bond donors (Lipinski definition) is 2. The van der Waals surface area contributed by atoms with Gasteiger partial charge >= 0.3 is 0 Å². The molecule has 0 saturated heterocycles. The van der Waals surface area contributed by atoms with E-state index in [0.29, 0.717) is 11.4 Å². The molecule has 0 aromatic heterocycles. The lowest BCUT2D eigenvalue weighted by molar-refractivity contribution is -0.131. The maximum atomic E-state index is 12.8. The van der Waals surface area contributed by atoms with Crippen molar-refractivity contribution in [2.45, 2.75) is 52.0 Å². The fourth-order valence-corrected chi connectivity index (χ4v) is 3.58. The van der Waals surface area contributed by atoms with E-state index in [1.54, 1.807) is 7.05 Å². The first-order chi connectivity index (χ1) is 11.4. The van der Waals surface area contributed by atoms with E-state index in [0.717, 1.165) is 18.4 Å². The summed E-state index contributed by atoms with van der Waals surface area (Å²) in [5.74, 6) is -0.472. The van der Waals surface area contributed by atoms with Gasteiger partial charge in [0.05, 0.1) is 6.04 Å². The predicted molar refractivity (Wildman–Crippen MR) is 96.8 cm³/mol. The molecule has 132 valence electrons. The molecule has 1 unspecified atom stereocenters. The van der Waals surface area contributed by atoms with E-state index >= 15 is 0 Å². The molecule has 24 heavy (non-hydrogen) atoms. The lowest BCUT2D eigenvalue weighted by Crippen LogP contribution is -2.45. The molecule has 2 N–H and O–H groups in total. The van der Waals surface area contributed by atoms with Crippen molar-refractivity contribution in [3.05, 3.63) is 34.9 Å². The highest BCUT2D eigenvalue weighted by molar-refractivity contribution is 6.30. The van der Waals surface area contributed by atoms with Crippen LogP contribution in [0.15, 0.2) is 24.3 Å². The average Bonchev–Trinajstić information content (AvgIpc) is 2.54. The molecule has 1 fully saturated rings. The minimum atomic E-state index is -0.310. The summed E-state index contributed by atoms with van der Waals surface area (Å²) in [7, 11) is 1.59. The van der Waals surface area contributed by atoms with Crippen molar-refractivity contribution in [1.82, 2.24) is 10.6 Å². The monoisotopic (exact) mass is 350 g/mol. The number of rotatable bonds is 7. The number of benzene rings is 1. The number of carbonyl (C=O) groups is 2. The normalized spacial score (nSPS) is 18.2. The summed E-state index contributed by atoms with van der Waals surface area (Å²) in [6.45, 7) is 4.15.